The maximum atomic E-state index is 11.8. The molecule has 0 saturated heterocycles. The molecule has 5 heteroatoms. The molecule has 2 aromatic carbocycles. The fourth-order valence-corrected chi connectivity index (χ4v) is 1.70. The average molecular weight is 320 g/mol. The van der Waals surface area contributed by atoms with E-state index in [1.165, 1.54) is 24.3 Å². The molecular formula is C14H10BrNO3. The third kappa shape index (κ3) is 3.42. The van der Waals surface area contributed by atoms with E-state index in [2.05, 4.69) is 15.9 Å². The second kappa shape index (κ2) is 5.67. The van der Waals surface area contributed by atoms with Crippen LogP contribution in [0.1, 0.15) is 20.7 Å². The average Bonchev–Trinajstić information content (AvgIpc) is 2.40. The van der Waals surface area contributed by atoms with E-state index < -0.39 is 11.9 Å². The Morgan fingerprint density at radius 2 is 1.42 bits per heavy atom. The van der Waals surface area contributed by atoms with Crippen LogP contribution in [0.2, 0.25) is 0 Å². The van der Waals surface area contributed by atoms with Crippen molar-refractivity contribution < 1.29 is 14.3 Å². The number of esters is 1. The summed E-state index contributed by atoms with van der Waals surface area (Å²) < 4.78 is 6.05. The molecule has 0 spiro atoms. The lowest BCUT2D eigenvalue weighted by atomic mass is 10.2. The summed E-state index contributed by atoms with van der Waals surface area (Å²) in [6.07, 6.45) is 0. The van der Waals surface area contributed by atoms with Crippen LogP contribution in [0, 0.1) is 0 Å². The van der Waals surface area contributed by atoms with Crippen molar-refractivity contribution in [2.45, 2.75) is 0 Å². The van der Waals surface area contributed by atoms with Gasteiger partial charge in [-0.2, -0.15) is 0 Å². The predicted molar refractivity (Wildman–Crippen MR) is 74.1 cm³/mol. The molecule has 4 nitrogen and oxygen atoms in total. The van der Waals surface area contributed by atoms with E-state index in [4.69, 9.17) is 10.5 Å². The van der Waals surface area contributed by atoms with Gasteiger partial charge in [0.2, 0.25) is 5.91 Å². The van der Waals surface area contributed by atoms with Gasteiger partial charge in [-0.3, -0.25) is 4.79 Å². The molecule has 0 bridgehead atoms. The Morgan fingerprint density at radius 3 is 1.95 bits per heavy atom. The molecule has 0 unspecified atom stereocenters. The second-order valence-corrected chi connectivity index (χ2v) is 4.70. The van der Waals surface area contributed by atoms with Gasteiger partial charge in [-0.25, -0.2) is 4.79 Å². The van der Waals surface area contributed by atoms with E-state index in [-0.39, 0.29) is 0 Å². The number of rotatable bonds is 3. The summed E-state index contributed by atoms with van der Waals surface area (Å²) in [4.78, 5) is 22.7. The van der Waals surface area contributed by atoms with Gasteiger partial charge in [-0.1, -0.05) is 15.9 Å². The van der Waals surface area contributed by atoms with Gasteiger partial charge in [-0.15, -0.1) is 0 Å². The van der Waals surface area contributed by atoms with Crippen LogP contribution in [0.15, 0.2) is 53.0 Å². The first-order valence-electron chi connectivity index (χ1n) is 5.44. The summed E-state index contributed by atoms with van der Waals surface area (Å²) in [5.74, 6) is -0.622. The van der Waals surface area contributed by atoms with Gasteiger partial charge in [0.15, 0.2) is 0 Å². The number of halogens is 1. The number of carbonyl (C=O) groups is 2. The lowest BCUT2D eigenvalue weighted by Crippen LogP contribution is -2.11. The molecule has 0 aromatic heterocycles. The number of nitrogens with two attached hydrogens (primary N) is 1. The molecule has 0 fully saturated rings. The second-order valence-electron chi connectivity index (χ2n) is 3.79. The van der Waals surface area contributed by atoms with Gasteiger partial charge in [0.25, 0.3) is 0 Å². The molecule has 96 valence electrons. The summed E-state index contributed by atoms with van der Waals surface area (Å²) >= 11 is 3.29. The Kier molecular flexibility index (Phi) is 3.97. The Hall–Kier alpha value is -2.14. The maximum absolute atomic E-state index is 11.8. The Morgan fingerprint density at radius 1 is 0.895 bits per heavy atom. The van der Waals surface area contributed by atoms with Crippen molar-refractivity contribution in [1.82, 2.24) is 0 Å². The topological polar surface area (TPSA) is 69.4 Å². The molecule has 0 aliphatic heterocycles. The van der Waals surface area contributed by atoms with Crippen molar-refractivity contribution in [2.75, 3.05) is 0 Å². The highest BCUT2D eigenvalue weighted by Crippen LogP contribution is 2.15. The van der Waals surface area contributed by atoms with Crippen LogP contribution in [-0.2, 0) is 0 Å². The Labute approximate surface area is 118 Å². The normalized spacial score (nSPS) is 9.95. The zero-order chi connectivity index (χ0) is 13.8. The van der Waals surface area contributed by atoms with Gasteiger partial charge in [-0.05, 0) is 48.5 Å². The van der Waals surface area contributed by atoms with Crippen LogP contribution in [0.4, 0.5) is 0 Å². The quantitative estimate of drug-likeness (QED) is 0.698. The standard InChI is InChI=1S/C14H10BrNO3/c15-11-5-1-10(2-6-11)14(18)19-12-7-3-9(4-8-12)13(16)17/h1-8H,(H2,16,17). The molecular weight excluding hydrogens is 310 g/mol. The van der Waals surface area contributed by atoms with Crippen LogP contribution in [0.3, 0.4) is 0 Å². The third-order valence-corrected chi connectivity index (χ3v) is 2.96. The fraction of sp³-hybridized carbons (Fsp3) is 0. The highest BCUT2D eigenvalue weighted by molar-refractivity contribution is 9.10. The largest absolute Gasteiger partial charge is 0.423 e. The van der Waals surface area contributed by atoms with Crippen molar-refractivity contribution in [1.29, 1.82) is 0 Å². The number of primary amides is 1. The maximum Gasteiger partial charge on any atom is 0.343 e. The van der Waals surface area contributed by atoms with Crippen LogP contribution in [-0.4, -0.2) is 11.9 Å². The highest BCUT2D eigenvalue weighted by atomic mass is 79.9. The lowest BCUT2D eigenvalue weighted by molar-refractivity contribution is 0.0734. The van der Waals surface area contributed by atoms with Gasteiger partial charge < -0.3 is 10.5 Å². The summed E-state index contributed by atoms with van der Waals surface area (Å²) in [5, 5.41) is 0. The lowest BCUT2D eigenvalue weighted by Gasteiger charge is -2.04. The van der Waals surface area contributed by atoms with Crippen LogP contribution in [0.5, 0.6) is 5.75 Å². The molecule has 0 saturated carbocycles. The van der Waals surface area contributed by atoms with Crippen LogP contribution >= 0.6 is 15.9 Å². The first-order valence-corrected chi connectivity index (χ1v) is 6.23. The van der Waals surface area contributed by atoms with Crippen molar-refractivity contribution in [3.63, 3.8) is 0 Å². The van der Waals surface area contributed by atoms with Crippen molar-refractivity contribution in [2.24, 2.45) is 5.73 Å². The fourth-order valence-electron chi connectivity index (χ4n) is 1.44. The number of hydrogen-bond donors (Lipinski definition) is 1. The van der Waals surface area contributed by atoms with E-state index >= 15 is 0 Å². The summed E-state index contributed by atoms with van der Waals surface area (Å²) in [7, 11) is 0. The van der Waals surface area contributed by atoms with E-state index in [0.717, 1.165) is 4.47 Å². The van der Waals surface area contributed by atoms with Gasteiger partial charge in [0.1, 0.15) is 5.75 Å². The van der Waals surface area contributed by atoms with Gasteiger partial charge >= 0.3 is 5.97 Å². The zero-order valence-corrected chi connectivity index (χ0v) is 11.4. The minimum Gasteiger partial charge on any atom is -0.423 e. The first kappa shape index (κ1) is 13.3. The molecule has 0 aliphatic rings. The number of benzene rings is 2. The molecule has 0 atom stereocenters. The van der Waals surface area contributed by atoms with E-state index in [1.54, 1.807) is 24.3 Å². The molecule has 0 aliphatic carbocycles. The van der Waals surface area contributed by atoms with Crippen molar-refractivity contribution in [3.05, 3.63) is 64.1 Å². The monoisotopic (exact) mass is 319 g/mol. The van der Waals surface area contributed by atoms with E-state index in [0.29, 0.717) is 16.9 Å². The summed E-state index contributed by atoms with van der Waals surface area (Å²) in [6.45, 7) is 0. The zero-order valence-electron chi connectivity index (χ0n) is 9.80. The van der Waals surface area contributed by atoms with Crippen molar-refractivity contribution >= 4 is 27.8 Å². The smallest absolute Gasteiger partial charge is 0.343 e. The molecule has 1 amide bonds. The third-order valence-electron chi connectivity index (χ3n) is 2.43. The van der Waals surface area contributed by atoms with Gasteiger partial charge in [0, 0.05) is 10.0 Å². The SMILES string of the molecule is NC(=O)c1ccc(OC(=O)c2ccc(Br)cc2)cc1. The molecule has 0 radical (unpaired) electrons. The first-order chi connectivity index (χ1) is 9.06. The number of carbonyl (C=O) groups excluding carboxylic acids is 2. The molecule has 2 N–H and O–H groups in total. The van der Waals surface area contributed by atoms with Crippen LogP contribution in [0.25, 0.3) is 0 Å². The van der Waals surface area contributed by atoms with Crippen LogP contribution < -0.4 is 10.5 Å². The summed E-state index contributed by atoms with van der Waals surface area (Å²) in [6, 6.07) is 12.9. The Bertz CT molecular complexity index is 606. The van der Waals surface area contributed by atoms with E-state index in [9.17, 15) is 9.59 Å². The van der Waals surface area contributed by atoms with Crippen molar-refractivity contribution in [3.8, 4) is 5.75 Å². The molecule has 2 rings (SSSR count). The number of hydrogen-bond acceptors (Lipinski definition) is 3. The minimum absolute atomic E-state index is 0.359. The number of amides is 1. The number of ether oxygens (including phenoxy) is 1. The van der Waals surface area contributed by atoms with E-state index in [1.807, 2.05) is 0 Å². The molecule has 2 aromatic rings. The molecule has 0 heterocycles. The Balaban J connectivity index is 2.10. The minimum atomic E-state index is -0.522. The predicted octanol–water partition coefficient (Wildman–Crippen LogP) is 2.77. The summed E-state index contributed by atoms with van der Waals surface area (Å²) in [5.41, 5.74) is 5.93. The van der Waals surface area contributed by atoms with Gasteiger partial charge in [0.05, 0.1) is 5.56 Å². The molecule has 19 heavy (non-hydrogen) atoms. The highest BCUT2D eigenvalue weighted by Gasteiger charge is 2.08.